The third kappa shape index (κ3) is 3.26. The zero-order chi connectivity index (χ0) is 16.1. The fourth-order valence-electron chi connectivity index (χ4n) is 6.55. The molecule has 0 unspecified atom stereocenters. The average molecular weight is 379 g/mol. The molecule has 4 aliphatic rings. The Bertz CT molecular complexity index is 372. The highest BCUT2D eigenvalue weighted by molar-refractivity contribution is 5.85. The quantitative estimate of drug-likeness (QED) is 0.696. The summed E-state index contributed by atoms with van der Waals surface area (Å²) in [5.74, 6) is 3.63. The molecule has 0 amide bonds. The van der Waals surface area contributed by atoms with E-state index in [0.717, 1.165) is 23.7 Å². The number of nitrogens with two attached hydrogens (primary N) is 2. The second-order valence-electron chi connectivity index (χ2n) is 9.31. The van der Waals surface area contributed by atoms with Gasteiger partial charge in [0.15, 0.2) is 0 Å². The Morgan fingerprint density at radius 1 is 0.708 bits per heavy atom. The summed E-state index contributed by atoms with van der Waals surface area (Å²) in [6.07, 6.45) is 11.1. The van der Waals surface area contributed by atoms with Crippen molar-refractivity contribution in [1.29, 1.82) is 0 Å². The zero-order valence-corrected chi connectivity index (χ0v) is 17.7. The van der Waals surface area contributed by atoms with Crippen molar-refractivity contribution in [2.75, 3.05) is 0 Å². The number of halogens is 2. The minimum Gasteiger partial charge on any atom is -0.327 e. The second-order valence-corrected chi connectivity index (χ2v) is 9.31. The first-order valence-electron chi connectivity index (χ1n) is 9.88. The topological polar surface area (TPSA) is 52.0 Å². The molecule has 4 aliphatic carbocycles. The molecule has 144 valence electrons. The van der Waals surface area contributed by atoms with Crippen LogP contribution < -0.4 is 11.5 Å². The van der Waals surface area contributed by atoms with Gasteiger partial charge >= 0.3 is 0 Å². The van der Waals surface area contributed by atoms with Gasteiger partial charge in [-0.15, -0.1) is 24.8 Å². The number of hydrogen-bond donors (Lipinski definition) is 2. The van der Waals surface area contributed by atoms with Gasteiger partial charge in [0.1, 0.15) is 0 Å². The van der Waals surface area contributed by atoms with Crippen LogP contribution in [0.5, 0.6) is 0 Å². The fourth-order valence-corrected chi connectivity index (χ4v) is 6.55. The van der Waals surface area contributed by atoms with Gasteiger partial charge in [-0.2, -0.15) is 0 Å². The molecule has 0 aromatic rings. The van der Waals surface area contributed by atoms with Crippen molar-refractivity contribution in [1.82, 2.24) is 0 Å². The zero-order valence-electron chi connectivity index (χ0n) is 16.1. The van der Waals surface area contributed by atoms with E-state index in [1.165, 1.54) is 51.4 Å². The molecule has 4 saturated carbocycles. The van der Waals surface area contributed by atoms with E-state index in [-0.39, 0.29) is 24.8 Å². The van der Waals surface area contributed by atoms with Crippen LogP contribution in [0.25, 0.3) is 0 Å². The lowest BCUT2D eigenvalue weighted by molar-refractivity contribution is 0.149. The SMILES string of the molecule is CC[C@@]1(C)[C@@H]2CC[C@@H](C2)[C@@H]1N.CC[C@]1(C)[C@H]2CC[C@H](C2)[C@H]1N.Cl.Cl. The Labute approximate surface area is 162 Å². The Balaban J connectivity index is 0.000000222. The third-order valence-corrected chi connectivity index (χ3v) is 8.87. The van der Waals surface area contributed by atoms with Crippen LogP contribution in [0.4, 0.5) is 0 Å². The molecule has 0 saturated heterocycles. The van der Waals surface area contributed by atoms with Crippen LogP contribution >= 0.6 is 24.8 Å². The standard InChI is InChI=1S/2C10H19N.2ClH/c2*1-3-10(2)8-5-4-7(6-8)9(10)11;;/h2*7-9H,3-6,11H2,1-2H3;2*1H/t2*7-,8+,9-,10-;;/m10../s1. The molecule has 0 aliphatic heterocycles. The van der Waals surface area contributed by atoms with Crippen molar-refractivity contribution in [2.45, 2.75) is 91.1 Å². The molecule has 24 heavy (non-hydrogen) atoms. The van der Waals surface area contributed by atoms with Crippen LogP contribution in [0.1, 0.15) is 79.1 Å². The minimum atomic E-state index is 0. The Morgan fingerprint density at radius 3 is 1.21 bits per heavy atom. The molecule has 4 rings (SSSR count). The van der Waals surface area contributed by atoms with E-state index in [4.69, 9.17) is 11.5 Å². The van der Waals surface area contributed by atoms with Crippen LogP contribution in [0, 0.1) is 34.5 Å². The lowest BCUT2D eigenvalue weighted by atomic mass is 9.70. The number of fused-ring (bicyclic) bond motifs is 4. The first kappa shape index (κ1) is 22.5. The molecular weight excluding hydrogens is 339 g/mol. The maximum atomic E-state index is 6.21. The molecule has 0 aromatic heterocycles. The average Bonchev–Trinajstić information content (AvgIpc) is 3.27. The molecule has 2 nitrogen and oxygen atoms in total. The van der Waals surface area contributed by atoms with E-state index in [9.17, 15) is 0 Å². The Kier molecular flexibility index (Phi) is 7.54. The summed E-state index contributed by atoms with van der Waals surface area (Å²) >= 11 is 0. The number of rotatable bonds is 2. The van der Waals surface area contributed by atoms with Gasteiger partial charge in [-0.1, -0.05) is 27.7 Å². The molecule has 0 aromatic carbocycles. The van der Waals surface area contributed by atoms with Gasteiger partial charge in [0.25, 0.3) is 0 Å². The highest BCUT2D eigenvalue weighted by Gasteiger charge is 2.53. The summed E-state index contributed by atoms with van der Waals surface area (Å²) in [5.41, 5.74) is 13.4. The Morgan fingerprint density at radius 2 is 1.04 bits per heavy atom. The smallest absolute Gasteiger partial charge is 0.0124 e. The lowest BCUT2D eigenvalue weighted by Gasteiger charge is -2.38. The van der Waals surface area contributed by atoms with Crippen LogP contribution in [-0.4, -0.2) is 12.1 Å². The van der Waals surface area contributed by atoms with Crippen molar-refractivity contribution in [3.05, 3.63) is 0 Å². The second kappa shape index (κ2) is 8.03. The highest BCUT2D eigenvalue weighted by Crippen LogP contribution is 2.57. The van der Waals surface area contributed by atoms with E-state index in [1.807, 2.05) is 0 Å². The largest absolute Gasteiger partial charge is 0.327 e. The molecule has 0 radical (unpaired) electrons. The first-order valence-corrected chi connectivity index (χ1v) is 9.88. The lowest BCUT2D eigenvalue weighted by Crippen LogP contribution is -2.43. The molecule has 4 bridgehead atoms. The predicted octanol–water partition coefficient (Wildman–Crippen LogP) is 5.16. The summed E-state index contributed by atoms with van der Waals surface area (Å²) in [4.78, 5) is 0. The molecule has 4 N–H and O–H groups in total. The summed E-state index contributed by atoms with van der Waals surface area (Å²) in [6.45, 7) is 9.37. The van der Waals surface area contributed by atoms with Crippen molar-refractivity contribution in [3.8, 4) is 0 Å². The van der Waals surface area contributed by atoms with Gasteiger partial charge in [-0.25, -0.2) is 0 Å². The van der Waals surface area contributed by atoms with Gasteiger partial charge in [0.2, 0.25) is 0 Å². The van der Waals surface area contributed by atoms with Gasteiger partial charge in [0.05, 0.1) is 0 Å². The summed E-state index contributed by atoms with van der Waals surface area (Å²) in [6, 6.07) is 1.01. The van der Waals surface area contributed by atoms with Crippen LogP contribution in [-0.2, 0) is 0 Å². The van der Waals surface area contributed by atoms with E-state index in [1.54, 1.807) is 0 Å². The third-order valence-electron chi connectivity index (χ3n) is 8.87. The van der Waals surface area contributed by atoms with Crippen molar-refractivity contribution >= 4 is 24.8 Å². The molecule has 4 heteroatoms. The predicted molar refractivity (Wildman–Crippen MR) is 109 cm³/mol. The maximum Gasteiger partial charge on any atom is 0.0124 e. The van der Waals surface area contributed by atoms with Crippen LogP contribution in [0.2, 0.25) is 0 Å². The normalized spacial score (nSPS) is 50.8. The van der Waals surface area contributed by atoms with Crippen molar-refractivity contribution < 1.29 is 0 Å². The monoisotopic (exact) mass is 378 g/mol. The van der Waals surface area contributed by atoms with Crippen molar-refractivity contribution in [3.63, 3.8) is 0 Å². The van der Waals surface area contributed by atoms with E-state index in [0.29, 0.717) is 22.9 Å². The first-order chi connectivity index (χ1) is 10.4. The van der Waals surface area contributed by atoms with E-state index >= 15 is 0 Å². The maximum absolute atomic E-state index is 6.21. The molecule has 0 spiro atoms. The fraction of sp³-hybridized carbons (Fsp3) is 1.00. The van der Waals surface area contributed by atoms with Crippen LogP contribution in [0.3, 0.4) is 0 Å². The van der Waals surface area contributed by atoms with Gasteiger partial charge in [0, 0.05) is 12.1 Å². The Hall–Kier alpha value is 0.500. The highest BCUT2D eigenvalue weighted by atomic mass is 35.5. The van der Waals surface area contributed by atoms with E-state index in [2.05, 4.69) is 27.7 Å². The van der Waals surface area contributed by atoms with Gasteiger partial charge < -0.3 is 11.5 Å². The van der Waals surface area contributed by atoms with Gasteiger partial charge in [-0.05, 0) is 85.9 Å². The molecule has 4 fully saturated rings. The minimum absolute atomic E-state index is 0. The van der Waals surface area contributed by atoms with Gasteiger partial charge in [-0.3, -0.25) is 0 Å². The van der Waals surface area contributed by atoms with Crippen LogP contribution in [0.15, 0.2) is 0 Å². The summed E-state index contributed by atoms with van der Waals surface area (Å²) in [5, 5.41) is 0. The molecule has 8 atom stereocenters. The number of hydrogen-bond acceptors (Lipinski definition) is 2. The van der Waals surface area contributed by atoms with E-state index < -0.39 is 0 Å². The molecular formula is C20H40Cl2N2. The summed E-state index contributed by atoms with van der Waals surface area (Å²) < 4.78 is 0. The van der Waals surface area contributed by atoms with Crippen molar-refractivity contribution in [2.24, 2.45) is 46.0 Å². The molecule has 0 heterocycles. The summed E-state index contributed by atoms with van der Waals surface area (Å²) in [7, 11) is 0.